The Morgan fingerprint density at radius 3 is 2.42 bits per heavy atom. The topological polar surface area (TPSA) is 71.6 Å². The van der Waals surface area contributed by atoms with Gasteiger partial charge in [-0.25, -0.2) is 9.82 Å². The van der Waals surface area contributed by atoms with Crippen LogP contribution in [0, 0.1) is 5.82 Å². The fourth-order valence-electron chi connectivity index (χ4n) is 3.15. The summed E-state index contributed by atoms with van der Waals surface area (Å²) in [5.74, 6) is -0.0503. The van der Waals surface area contributed by atoms with E-state index in [4.69, 9.17) is 9.47 Å². The molecular weight excluding hydrogens is 337 g/mol. The van der Waals surface area contributed by atoms with Crippen molar-refractivity contribution in [1.82, 2.24) is 16.2 Å². The molecule has 6 nitrogen and oxygen atoms in total. The average molecular weight is 359 g/mol. The van der Waals surface area contributed by atoms with Gasteiger partial charge >= 0.3 is 0 Å². The Kier molecular flexibility index (Phi) is 5.39. The molecule has 2 aromatic carbocycles. The number of methoxy groups -OCH3 is 2. The number of rotatable bonds is 5. The Morgan fingerprint density at radius 1 is 1.08 bits per heavy atom. The molecule has 1 aliphatic rings. The van der Waals surface area contributed by atoms with Gasteiger partial charge in [0.2, 0.25) is 0 Å². The third kappa shape index (κ3) is 3.63. The highest BCUT2D eigenvalue weighted by molar-refractivity contribution is 5.94. The van der Waals surface area contributed by atoms with Crippen LogP contribution >= 0.6 is 0 Å². The van der Waals surface area contributed by atoms with E-state index >= 15 is 0 Å². The van der Waals surface area contributed by atoms with E-state index in [1.165, 1.54) is 25.3 Å². The van der Waals surface area contributed by atoms with E-state index < -0.39 is 5.82 Å². The van der Waals surface area contributed by atoms with E-state index in [-0.39, 0.29) is 35.3 Å². The first kappa shape index (κ1) is 18.2. The fraction of sp³-hybridized carbons (Fsp3) is 0.316. The Balaban J connectivity index is 1.76. The number of hydrogen-bond acceptors (Lipinski definition) is 5. The molecule has 1 amide bonds. The number of hydrogen-bond donors (Lipinski definition) is 3. The van der Waals surface area contributed by atoms with Crippen molar-refractivity contribution in [2.75, 3.05) is 14.2 Å². The van der Waals surface area contributed by atoms with E-state index in [1.807, 2.05) is 31.2 Å². The first-order valence-electron chi connectivity index (χ1n) is 8.33. The molecule has 3 N–H and O–H groups in total. The lowest BCUT2D eigenvalue weighted by Crippen LogP contribution is -2.46. The quantitative estimate of drug-likeness (QED) is 0.763. The summed E-state index contributed by atoms with van der Waals surface area (Å²) in [5, 5.41) is 2.92. The Bertz CT molecular complexity index is 782. The molecule has 0 bridgehead atoms. The molecule has 3 atom stereocenters. The summed E-state index contributed by atoms with van der Waals surface area (Å²) in [5.41, 5.74) is 7.52. The molecular formula is C19H22FN3O3. The zero-order valence-electron chi connectivity index (χ0n) is 14.9. The third-order valence-corrected chi connectivity index (χ3v) is 4.57. The molecule has 1 aliphatic heterocycles. The van der Waals surface area contributed by atoms with Crippen LogP contribution < -0.4 is 25.6 Å². The molecule has 3 unspecified atom stereocenters. The number of carbonyl (C=O) groups is 1. The van der Waals surface area contributed by atoms with Crippen LogP contribution in [-0.2, 0) is 0 Å². The van der Waals surface area contributed by atoms with Crippen molar-refractivity contribution >= 4 is 5.91 Å². The number of benzene rings is 2. The molecule has 1 fully saturated rings. The van der Waals surface area contributed by atoms with Gasteiger partial charge in [0.05, 0.1) is 14.2 Å². The minimum Gasteiger partial charge on any atom is -0.497 e. The van der Waals surface area contributed by atoms with Crippen LogP contribution in [-0.4, -0.2) is 32.3 Å². The second-order valence-electron chi connectivity index (χ2n) is 6.18. The molecule has 7 heteroatoms. The molecule has 138 valence electrons. The number of carbonyl (C=O) groups excluding carboxylic acids is 1. The smallest absolute Gasteiger partial charge is 0.252 e. The van der Waals surface area contributed by atoms with E-state index in [1.54, 1.807) is 7.11 Å². The van der Waals surface area contributed by atoms with Crippen LogP contribution in [0.3, 0.4) is 0 Å². The van der Waals surface area contributed by atoms with Gasteiger partial charge in [0, 0.05) is 17.5 Å². The second kappa shape index (κ2) is 7.72. The molecule has 2 aromatic rings. The molecule has 0 aliphatic carbocycles. The Hall–Kier alpha value is -2.64. The molecule has 26 heavy (non-hydrogen) atoms. The molecule has 3 rings (SSSR count). The van der Waals surface area contributed by atoms with Gasteiger partial charge in [0.1, 0.15) is 11.9 Å². The number of halogens is 1. The van der Waals surface area contributed by atoms with Gasteiger partial charge in [-0.2, -0.15) is 0 Å². The number of hydrazine groups is 1. The largest absolute Gasteiger partial charge is 0.497 e. The first-order valence-corrected chi connectivity index (χ1v) is 8.33. The number of ether oxygens (including phenoxy) is 2. The SMILES string of the molecule is COc1ccc(C2C(C)NNC2NC(=O)c2ccc(OC)c(F)c2)cc1. The van der Waals surface area contributed by atoms with Crippen LogP contribution in [0.4, 0.5) is 4.39 Å². The van der Waals surface area contributed by atoms with Crippen LogP contribution in [0.2, 0.25) is 0 Å². The van der Waals surface area contributed by atoms with Gasteiger partial charge in [-0.3, -0.25) is 10.2 Å². The van der Waals surface area contributed by atoms with Gasteiger partial charge in [0.25, 0.3) is 5.91 Å². The minimum absolute atomic E-state index is 0.00736. The fourth-order valence-corrected chi connectivity index (χ4v) is 3.15. The van der Waals surface area contributed by atoms with Crippen LogP contribution in [0.1, 0.15) is 28.8 Å². The van der Waals surface area contributed by atoms with Gasteiger partial charge in [-0.15, -0.1) is 0 Å². The molecule has 0 spiro atoms. The standard InChI is InChI=1S/C19H22FN3O3/c1-11-17(12-4-7-14(25-2)8-5-12)18(23-22-11)21-19(24)13-6-9-16(26-3)15(20)10-13/h4-11,17-18,22-23H,1-3H3,(H,21,24). The molecule has 1 heterocycles. The van der Waals surface area contributed by atoms with Gasteiger partial charge in [0.15, 0.2) is 11.6 Å². The zero-order valence-corrected chi connectivity index (χ0v) is 14.9. The monoisotopic (exact) mass is 359 g/mol. The van der Waals surface area contributed by atoms with Crippen molar-refractivity contribution < 1.29 is 18.7 Å². The number of amides is 1. The summed E-state index contributed by atoms with van der Waals surface area (Å²) in [6.07, 6.45) is -0.337. The molecule has 0 aromatic heterocycles. The van der Waals surface area contributed by atoms with Crippen molar-refractivity contribution in [3.8, 4) is 11.5 Å². The van der Waals surface area contributed by atoms with Gasteiger partial charge in [-0.05, 0) is 42.8 Å². The lowest BCUT2D eigenvalue weighted by molar-refractivity contribution is 0.0928. The van der Waals surface area contributed by atoms with E-state index in [2.05, 4.69) is 16.2 Å². The van der Waals surface area contributed by atoms with Gasteiger partial charge in [-0.1, -0.05) is 12.1 Å². The zero-order chi connectivity index (χ0) is 18.7. The maximum absolute atomic E-state index is 13.9. The number of nitrogens with one attached hydrogen (secondary N) is 3. The lowest BCUT2D eigenvalue weighted by Gasteiger charge is -2.22. The van der Waals surface area contributed by atoms with Crippen LogP contribution in [0.25, 0.3) is 0 Å². The summed E-state index contributed by atoms with van der Waals surface area (Å²) >= 11 is 0. The highest BCUT2D eigenvalue weighted by Gasteiger charge is 2.35. The third-order valence-electron chi connectivity index (χ3n) is 4.57. The van der Waals surface area contributed by atoms with Crippen molar-refractivity contribution in [3.05, 3.63) is 59.4 Å². The van der Waals surface area contributed by atoms with Crippen molar-refractivity contribution in [1.29, 1.82) is 0 Å². The maximum Gasteiger partial charge on any atom is 0.252 e. The summed E-state index contributed by atoms with van der Waals surface area (Å²) in [4.78, 5) is 12.5. The highest BCUT2D eigenvalue weighted by atomic mass is 19.1. The molecule has 0 radical (unpaired) electrons. The predicted molar refractivity (Wildman–Crippen MR) is 95.7 cm³/mol. The van der Waals surface area contributed by atoms with E-state index in [9.17, 15) is 9.18 Å². The van der Waals surface area contributed by atoms with Crippen LogP contribution in [0.15, 0.2) is 42.5 Å². The van der Waals surface area contributed by atoms with Crippen molar-refractivity contribution in [2.24, 2.45) is 0 Å². The van der Waals surface area contributed by atoms with E-state index in [0.717, 1.165) is 11.3 Å². The minimum atomic E-state index is -0.572. The maximum atomic E-state index is 13.9. The van der Waals surface area contributed by atoms with E-state index in [0.29, 0.717) is 0 Å². The van der Waals surface area contributed by atoms with Crippen LogP contribution in [0.5, 0.6) is 11.5 Å². The van der Waals surface area contributed by atoms with Crippen molar-refractivity contribution in [3.63, 3.8) is 0 Å². The van der Waals surface area contributed by atoms with Crippen molar-refractivity contribution in [2.45, 2.75) is 25.0 Å². The molecule has 1 saturated heterocycles. The second-order valence-corrected chi connectivity index (χ2v) is 6.18. The molecule has 0 saturated carbocycles. The highest BCUT2D eigenvalue weighted by Crippen LogP contribution is 2.28. The lowest BCUT2D eigenvalue weighted by atomic mass is 9.91. The van der Waals surface area contributed by atoms with Gasteiger partial charge < -0.3 is 14.8 Å². The summed E-state index contributed by atoms with van der Waals surface area (Å²) in [6, 6.07) is 12.0. The normalized spacial score (nSPS) is 22.1. The summed E-state index contributed by atoms with van der Waals surface area (Å²) in [6.45, 7) is 2.03. The predicted octanol–water partition coefficient (Wildman–Crippen LogP) is 2.18. The summed E-state index contributed by atoms with van der Waals surface area (Å²) in [7, 11) is 3.00. The summed E-state index contributed by atoms with van der Waals surface area (Å²) < 4.78 is 23.9. The Labute approximate surface area is 151 Å². The Morgan fingerprint density at radius 2 is 1.81 bits per heavy atom. The average Bonchev–Trinajstić information content (AvgIpc) is 3.01. The first-order chi connectivity index (χ1) is 12.5.